The topological polar surface area (TPSA) is 71.8 Å². The highest BCUT2D eigenvalue weighted by atomic mass is 16.2. The lowest BCUT2D eigenvalue weighted by molar-refractivity contribution is -0.122. The standard InChI is InChI=1S/C14H17N5O/c20-14(12-5-2-6-15-12)17-10-11-4-1-7-16-13(11)19-9-3-8-18-19/h1,3-4,7-9,12,15H,2,5-6,10H2,(H,17,20). The van der Waals surface area contributed by atoms with Crippen molar-refractivity contribution < 1.29 is 4.79 Å². The maximum absolute atomic E-state index is 12.0. The molecule has 1 aliphatic rings. The fraction of sp³-hybridized carbons (Fsp3) is 0.357. The molecule has 1 unspecified atom stereocenters. The molecule has 1 atom stereocenters. The number of carbonyl (C=O) groups excluding carboxylic acids is 1. The second kappa shape index (κ2) is 5.83. The van der Waals surface area contributed by atoms with Gasteiger partial charge in [-0.2, -0.15) is 5.10 Å². The Bertz CT molecular complexity index is 575. The van der Waals surface area contributed by atoms with Crippen LogP contribution in [0.15, 0.2) is 36.8 Å². The van der Waals surface area contributed by atoms with Crippen LogP contribution in [0.3, 0.4) is 0 Å². The highest BCUT2D eigenvalue weighted by Gasteiger charge is 2.21. The average molecular weight is 271 g/mol. The number of nitrogens with zero attached hydrogens (tertiary/aromatic N) is 3. The Kier molecular flexibility index (Phi) is 3.73. The van der Waals surface area contributed by atoms with E-state index in [-0.39, 0.29) is 11.9 Å². The smallest absolute Gasteiger partial charge is 0.237 e. The van der Waals surface area contributed by atoms with Crippen molar-refractivity contribution in [1.82, 2.24) is 25.4 Å². The summed E-state index contributed by atoms with van der Waals surface area (Å²) in [6.07, 6.45) is 7.24. The van der Waals surface area contributed by atoms with Crippen molar-refractivity contribution >= 4 is 5.91 Å². The summed E-state index contributed by atoms with van der Waals surface area (Å²) in [4.78, 5) is 16.3. The van der Waals surface area contributed by atoms with Gasteiger partial charge in [0, 0.05) is 30.7 Å². The molecule has 1 amide bonds. The molecule has 3 heterocycles. The summed E-state index contributed by atoms with van der Waals surface area (Å²) in [6, 6.07) is 5.61. The van der Waals surface area contributed by atoms with Crippen LogP contribution in [0.25, 0.3) is 5.82 Å². The Morgan fingerprint density at radius 3 is 3.15 bits per heavy atom. The Balaban J connectivity index is 1.70. The fourth-order valence-corrected chi connectivity index (χ4v) is 2.38. The van der Waals surface area contributed by atoms with E-state index in [1.165, 1.54) is 0 Å². The van der Waals surface area contributed by atoms with Gasteiger partial charge in [-0.25, -0.2) is 9.67 Å². The van der Waals surface area contributed by atoms with Crippen LogP contribution in [-0.4, -0.2) is 33.3 Å². The summed E-state index contributed by atoms with van der Waals surface area (Å²) < 4.78 is 1.70. The van der Waals surface area contributed by atoms with Crippen molar-refractivity contribution in [2.75, 3.05) is 6.54 Å². The van der Waals surface area contributed by atoms with Crippen molar-refractivity contribution in [2.45, 2.75) is 25.4 Å². The largest absolute Gasteiger partial charge is 0.351 e. The van der Waals surface area contributed by atoms with Crippen LogP contribution in [0.1, 0.15) is 18.4 Å². The van der Waals surface area contributed by atoms with Crippen LogP contribution in [0.4, 0.5) is 0 Å². The zero-order valence-electron chi connectivity index (χ0n) is 11.1. The van der Waals surface area contributed by atoms with E-state index in [0.717, 1.165) is 30.8 Å². The SMILES string of the molecule is O=C(NCc1cccnc1-n1cccn1)C1CCCN1. The Hall–Kier alpha value is -2.21. The number of hydrogen-bond acceptors (Lipinski definition) is 4. The summed E-state index contributed by atoms with van der Waals surface area (Å²) in [5.41, 5.74) is 0.947. The van der Waals surface area contributed by atoms with Gasteiger partial charge in [0.1, 0.15) is 0 Å². The van der Waals surface area contributed by atoms with Gasteiger partial charge in [-0.05, 0) is 31.5 Å². The molecule has 20 heavy (non-hydrogen) atoms. The summed E-state index contributed by atoms with van der Waals surface area (Å²) in [5, 5.41) is 10.3. The maximum atomic E-state index is 12.0. The van der Waals surface area contributed by atoms with Crippen molar-refractivity contribution in [3.63, 3.8) is 0 Å². The second-order valence-corrected chi connectivity index (χ2v) is 4.80. The van der Waals surface area contributed by atoms with Crippen LogP contribution in [0.5, 0.6) is 0 Å². The normalized spacial score (nSPS) is 18.1. The Morgan fingerprint density at radius 2 is 2.40 bits per heavy atom. The minimum atomic E-state index is -0.0557. The first-order valence-corrected chi connectivity index (χ1v) is 6.79. The van der Waals surface area contributed by atoms with Gasteiger partial charge in [0.25, 0.3) is 0 Å². The van der Waals surface area contributed by atoms with Crippen molar-refractivity contribution in [3.05, 3.63) is 42.4 Å². The van der Waals surface area contributed by atoms with E-state index < -0.39 is 0 Å². The minimum absolute atomic E-state index is 0.0535. The van der Waals surface area contributed by atoms with E-state index >= 15 is 0 Å². The van der Waals surface area contributed by atoms with Crippen LogP contribution in [-0.2, 0) is 11.3 Å². The van der Waals surface area contributed by atoms with Gasteiger partial charge in [-0.1, -0.05) is 6.07 Å². The van der Waals surface area contributed by atoms with E-state index in [9.17, 15) is 4.79 Å². The zero-order valence-corrected chi connectivity index (χ0v) is 11.1. The lowest BCUT2D eigenvalue weighted by atomic mass is 10.2. The third-order valence-corrected chi connectivity index (χ3v) is 3.42. The summed E-state index contributed by atoms with van der Waals surface area (Å²) >= 11 is 0. The van der Waals surface area contributed by atoms with Crippen LogP contribution >= 0.6 is 0 Å². The minimum Gasteiger partial charge on any atom is -0.351 e. The van der Waals surface area contributed by atoms with Gasteiger partial charge in [0.15, 0.2) is 5.82 Å². The quantitative estimate of drug-likeness (QED) is 0.856. The van der Waals surface area contributed by atoms with Gasteiger partial charge in [-0.3, -0.25) is 4.79 Å². The van der Waals surface area contributed by atoms with E-state index in [1.54, 1.807) is 17.1 Å². The predicted octanol–water partition coefficient (Wildman–Crippen LogP) is 0.635. The molecule has 1 saturated heterocycles. The fourth-order valence-electron chi connectivity index (χ4n) is 2.38. The first-order chi connectivity index (χ1) is 9.84. The summed E-state index contributed by atoms with van der Waals surface area (Å²) in [5.74, 6) is 0.801. The molecule has 6 nitrogen and oxygen atoms in total. The van der Waals surface area contributed by atoms with E-state index in [4.69, 9.17) is 0 Å². The molecule has 3 rings (SSSR count). The lowest BCUT2D eigenvalue weighted by Crippen LogP contribution is -2.40. The number of carbonyl (C=O) groups is 1. The molecule has 2 aromatic rings. The predicted molar refractivity (Wildman–Crippen MR) is 74.2 cm³/mol. The molecule has 0 saturated carbocycles. The molecule has 0 spiro atoms. The molecular weight excluding hydrogens is 254 g/mol. The first kappa shape index (κ1) is 12.8. The van der Waals surface area contributed by atoms with Gasteiger partial charge in [0.05, 0.1) is 6.04 Å². The van der Waals surface area contributed by atoms with Crippen LogP contribution < -0.4 is 10.6 Å². The number of aromatic nitrogens is 3. The molecule has 104 valence electrons. The highest BCUT2D eigenvalue weighted by Crippen LogP contribution is 2.10. The number of pyridine rings is 1. The van der Waals surface area contributed by atoms with Crippen LogP contribution in [0, 0.1) is 0 Å². The molecule has 0 aliphatic carbocycles. The molecule has 1 fully saturated rings. The molecule has 6 heteroatoms. The molecule has 2 N–H and O–H groups in total. The monoisotopic (exact) mass is 271 g/mol. The highest BCUT2D eigenvalue weighted by molar-refractivity contribution is 5.82. The Labute approximate surface area is 117 Å². The molecule has 0 aromatic carbocycles. The lowest BCUT2D eigenvalue weighted by Gasteiger charge is -2.13. The Morgan fingerprint density at radius 1 is 1.45 bits per heavy atom. The molecular formula is C14H17N5O. The van der Waals surface area contributed by atoms with E-state index in [0.29, 0.717) is 6.54 Å². The number of rotatable bonds is 4. The van der Waals surface area contributed by atoms with Gasteiger partial charge >= 0.3 is 0 Å². The van der Waals surface area contributed by atoms with Crippen molar-refractivity contribution in [1.29, 1.82) is 0 Å². The maximum Gasteiger partial charge on any atom is 0.237 e. The van der Waals surface area contributed by atoms with E-state index in [1.807, 2.05) is 24.4 Å². The average Bonchev–Trinajstić information content (AvgIpc) is 3.17. The molecule has 0 bridgehead atoms. The second-order valence-electron chi connectivity index (χ2n) is 4.80. The van der Waals surface area contributed by atoms with E-state index in [2.05, 4.69) is 20.7 Å². The van der Waals surface area contributed by atoms with Gasteiger partial charge in [-0.15, -0.1) is 0 Å². The molecule has 0 radical (unpaired) electrons. The first-order valence-electron chi connectivity index (χ1n) is 6.79. The summed E-state index contributed by atoms with van der Waals surface area (Å²) in [6.45, 7) is 1.38. The third-order valence-electron chi connectivity index (χ3n) is 3.42. The van der Waals surface area contributed by atoms with Crippen LogP contribution in [0.2, 0.25) is 0 Å². The molecule has 1 aliphatic heterocycles. The molecule has 2 aromatic heterocycles. The zero-order chi connectivity index (χ0) is 13.8. The van der Waals surface area contributed by atoms with Gasteiger partial charge in [0.2, 0.25) is 5.91 Å². The third kappa shape index (κ3) is 2.70. The van der Waals surface area contributed by atoms with Gasteiger partial charge < -0.3 is 10.6 Å². The van der Waals surface area contributed by atoms with Crippen molar-refractivity contribution in [2.24, 2.45) is 0 Å². The number of hydrogen-bond donors (Lipinski definition) is 2. The van der Waals surface area contributed by atoms with Crippen molar-refractivity contribution in [3.8, 4) is 5.82 Å². The summed E-state index contributed by atoms with van der Waals surface area (Å²) in [7, 11) is 0. The number of nitrogens with one attached hydrogen (secondary N) is 2. The number of amides is 1.